The average Bonchev–Trinajstić information content (AvgIpc) is 2.39. The Morgan fingerprint density at radius 2 is 1.86 bits per heavy atom. The number of halogens is 4. The predicted octanol–water partition coefficient (Wildman–Crippen LogP) is 3.78. The highest BCUT2D eigenvalue weighted by molar-refractivity contribution is 5.36. The summed E-state index contributed by atoms with van der Waals surface area (Å²) in [4.78, 5) is 7.96. The molecule has 4 nitrogen and oxygen atoms in total. The number of rotatable bonds is 3. The number of aryl methyl sites for hydroxylation is 1. The van der Waals surface area contributed by atoms with Crippen LogP contribution >= 0.6 is 0 Å². The maximum atomic E-state index is 13.2. The van der Waals surface area contributed by atoms with Gasteiger partial charge in [0.15, 0.2) is 0 Å². The molecular weight excluding hydrogens is 290 g/mol. The van der Waals surface area contributed by atoms with E-state index in [0.717, 1.165) is 6.07 Å². The summed E-state index contributed by atoms with van der Waals surface area (Å²) in [5, 5.41) is 2.70. The van der Waals surface area contributed by atoms with E-state index in [-0.39, 0.29) is 17.6 Å². The maximum absolute atomic E-state index is 13.2. The molecule has 0 fully saturated rings. The predicted molar refractivity (Wildman–Crippen MR) is 67.8 cm³/mol. The number of nitrogens with zero attached hydrogens (tertiary/aromatic N) is 2. The molecule has 0 amide bonds. The van der Waals surface area contributed by atoms with Gasteiger partial charge in [0, 0.05) is 18.8 Å². The van der Waals surface area contributed by atoms with Gasteiger partial charge in [0.1, 0.15) is 11.6 Å². The summed E-state index contributed by atoms with van der Waals surface area (Å²) in [7, 11) is 1.60. The van der Waals surface area contributed by atoms with Crippen molar-refractivity contribution < 1.29 is 22.3 Å². The van der Waals surface area contributed by atoms with E-state index in [4.69, 9.17) is 4.74 Å². The molecule has 0 aliphatic rings. The van der Waals surface area contributed by atoms with Gasteiger partial charge in [-0.25, -0.2) is 9.37 Å². The van der Waals surface area contributed by atoms with E-state index in [1.807, 2.05) is 0 Å². The summed E-state index contributed by atoms with van der Waals surface area (Å²) in [5.74, 6) is -1.19. The number of nitrogens with one attached hydrogen (secondary N) is 1. The lowest BCUT2D eigenvalue weighted by atomic mass is 10.2. The lowest BCUT2D eigenvalue weighted by molar-refractivity contribution is -0.140. The molecule has 112 valence electrons. The van der Waals surface area contributed by atoms with E-state index in [1.165, 1.54) is 6.07 Å². The Morgan fingerprint density at radius 1 is 1.14 bits per heavy atom. The van der Waals surface area contributed by atoms with Crippen molar-refractivity contribution in [2.45, 2.75) is 13.1 Å². The van der Waals surface area contributed by atoms with E-state index in [2.05, 4.69) is 15.3 Å². The summed E-state index contributed by atoms with van der Waals surface area (Å²) in [6.07, 6.45) is -4.79. The summed E-state index contributed by atoms with van der Waals surface area (Å²) >= 11 is 0. The molecule has 8 heteroatoms. The highest BCUT2D eigenvalue weighted by Gasteiger charge is 2.34. The Labute approximate surface area is 117 Å². The molecule has 0 aliphatic carbocycles. The van der Waals surface area contributed by atoms with Gasteiger partial charge in [0.05, 0.1) is 5.56 Å². The van der Waals surface area contributed by atoms with Crippen LogP contribution in [0.2, 0.25) is 0 Å². The van der Waals surface area contributed by atoms with Crippen molar-refractivity contribution in [1.29, 1.82) is 0 Å². The second kappa shape index (κ2) is 5.55. The Bertz CT molecular complexity index is 658. The summed E-state index contributed by atoms with van der Waals surface area (Å²) in [6, 6.07) is 3.84. The number of ether oxygens (including phenoxy) is 1. The molecule has 0 atom stereocenters. The second-order valence-electron chi connectivity index (χ2n) is 4.16. The molecular formula is C13H11F4N3O. The van der Waals surface area contributed by atoms with Crippen LogP contribution < -0.4 is 10.1 Å². The fourth-order valence-electron chi connectivity index (χ4n) is 1.61. The number of hydrogen-bond acceptors (Lipinski definition) is 4. The standard InChI is InChI=1S/C13H11F4N3O/c1-7-5-11(20-12(18-2)19-7)21-8-3-4-10(14)9(6-8)13(15,16)17/h3-6H,1-2H3,(H,18,19,20). The van der Waals surface area contributed by atoms with E-state index in [0.29, 0.717) is 17.8 Å². The number of aromatic nitrogens is 2. The highest BCUT2D eigenvalue weighted by Crippen LogP contribution is 2.34. The van der Waals surface area contributed by atoms with E-state index in [1.54, 1.807) is 14.0 Å². The van der Waals surface area contributed by atoms with Gasteiger partial charge in [0.25, 0.3) is 0 Å². The average molecular weight is 301 g/mol. The molecule has 0 saturated heterocycles. The maximum Gasteiger partial charge on any atom is 0.419 e. The minimum Gasteiger partial charge on any atom is -0.439 e. The van der Waals surface area contributed by atoms with Crippen LogP contribution in [-0.4, -0.2) is 17.0 Å². The zero-order valence-corrected chi connectivity index (χ0v) is 11.1. The molecule has 0 unspecified atom stereocenters. The first-order valence-corrected chi connectivity index (χ1v) is 5.87. The van der Waals surface area contributed by atoms with Gasteiger partial charge < -0.3 is 10.1 Å². The van der Waals surface area contributed by atoms with E-state index < -0.39 is 17.6 Å². The zero-order chi connectivity index (χ0) is 15.6. The SMILES string of the molecule is CNc1nc(C)cc(Oc2ccc(F)c(C(F)(F)F)c2)n1. The van der Waals surface area contributed by atoms with Crippen molar-refractivity contribution in [1.82, 2.24) is 9.97 Å². The first kappa shape index (κ1) is 15.0. The van der Waals surface area contributed by atoms with Crippen LogP contribution in [-0.2, 0) is 6.18 Å². The highest BCUT2D eigenvalue weighted by atomic mass is 19.4. The Morgan fingerprint density at radius 3 is 2.48 bits per heavy atom. The van der Waals surface area contributed by atoms with Crippen molar-refractivity contribution in [3.05, 3.63) is 41.3 Å². The van der Waals surface area contributed by atoms with Crippen LogP contribution in [0.25, 0.3) is 0 Å². The minimum absolute atomic E-state index is 0.0617. The van der Waals surface area contributed by atoms with Gasteiger partial charge in [-0.15, -0.1) is 0 Å². The smallest absolute Gasteiger partial charge is 0.419 e. The van der Waals surface area contributed by atoms with Gasteiger partial charge in [-0.05, 0) is 25.1 Å². The third kappa shape index (κ3) is 3.59. The Hall–Kier alpha value is -2.38. The number of benzene rings is 1. The minimum atomic E-state index is -4.79. The van der Waals surface area contributed by atoms with Crippen molar-refractivity contribution in [3.63, 3.8) is 0 Å². The molecule has 21 heavy (non-hydrogen) atoms. The topological polar surface area (TPSA) is 47.0 Å². The third-order valence-electron chi connectivity index (χ3n) is 2.52. The normalized spacial score (nSPS) is 11.3. The first-order valence-electron chi connectivity index (χ1n) is 5.87. The molecule has 2 aromatic rings. The monoisotopic (exact) mass is 301 g/mol. The first-order chi connectivity index (χ1) is 9.79. The Kier molecular flexibility index (Phi) is 3.97. The van der Waals surface area contributed by atoms with Gasteiger partial charge in [-0.2, -0.15) is 18.2 Å². The van der Waals surface area contributed by atoms with Crippen LogP contribution in [0.5, 0.6) is 11.6 Å². The molecule has 0 radical (unpaired) electrons. The fourth-order valence-corrected chi connectivity index (χ4v) is 1.61. The number of hydrogen-bond donors (Lipinski definition) is 1. The lowest BCUT2D eigenvalue weighted by Crippen LogP contribution is -2.08. The lowest BCUT2D eigenvalue weighted by Gasteiger charge is -2.11. The second-order valence-corrected chi connectivity index (χ2v) is 4.16. The Balaban J connectivity index is 2.34. The third-order valence-corrected chi connectivity index (χ3v) is 2.52. The molecule has 0 bridgehead atoms. The molecule has 1 aromatic carbocycles. The van der Waals surface area contributed by atoms with E-state index in [9.17, 15) is 17.6 Å². The van der Waals surface area contributed by atoms with Gasteiger partial charge in [-0.3, -0.25) is 0 Å². The quantitative estimate of drug-likeness (QED) is 0.877. The number of alkyl halides is 3. The van der Waals surface area contributed by atoms with Crippen molar-refractivity contribution in [2.24, 2.45) is 0 Å². The summed E-state index contributed by atoms with van der Waals surface area (Å²) < 4.78 is 56.3. The molecule has 1 heterocycles. The molecule has 0 spiro atoms. The fraction of sp³-hybridized carbons (Fsp3) is 0.231. The van der Waals surface area contributed by atoms with Gasteiger partial charge >= 0.3 is 6.18 Å². The van der Waals surface area contributed by atoms with Crippen LogP contribution in [0.4, 0.5) is 23.5 Å². The molecule has 1 N–H and O–H groups in total. The van der Waals surface area contributed by atoms with Crippen LogP contribution in [0.15, 0.2) is 24.3 Å². The van der Waals surface area contributed by atoms with Crippen LogP contribution in [0.1, 0.15) is 11.3 Å². The van der Waals surface area contributed by atoms with Gasteiger partial charge in [0.2, 0.25) is 11.8 Å². The zero-order valence-electron chi connectivity index (χ0n) is 11.1. The van der Waals surface area contributed by atoms with Crippen molar-refractivity contribution in [2.75, 3.05) is 12.4 Å². The van der Waals surface area contributed by atoms with Crippen LogP contribution in [0.3, 0.4) is 0 Å². The summed E-state index contributed by atoms with van der Waals surface area (Å²) in [5.41, 5.74) is -0.817. The number of anilines is 1. The van der Waals surface area contributed by atoms with Gasteiger partial charge in [-0.1, -0.05) is 0 Å². The summed E-state index contributed by atoms with van der Waals surface area (Å²) in [6.45, 7) is 1.68. The van der Waals surface area contributed by atoms with Crippen molar-refractivity contribution in [3.8, 4) is 11.6 Å². The molecule has 2 rings (SSSR count). The molecule has 1 aromatic heterocycles. The van der Waals surface area contributed by atoms with E-state index >= 15 is 0 Å². The molecule has 0 saturated carbocycles. The van der Waals surface area contributed by atoms with Crippen molar-refractivity contribution >= 4 is 5.95 Å². The van der Waals surface area contributed by atoms with Crippen LogP contribution in [0, 0.1) is 12.7 Å². The molecule has 0 aliphatic heterocycles. The largest absolute Gasteiger partial charge is 0.439 e.